The summed E-state index contributed by atoms with van der Waals surface area (Å²) in [6, 6.07) is 12.2. The Balaban J connectivity index is 2.01. The molecule has 0 fully saturated rings. The van der Waals surface area contributed by atoms with Gasteiger partial charge in [0.15, 0.2) is 0 Å². The van der Waals surface area contributed by atoms with Crippen molar-refractivity contribution in [1.82, 2.24) is 14.7 Å². The van der Waals surface area contributed by atoms with Crippen LogP contribution < -0.4 is 4.72 Å². The van der Waals surface area contributed by atoms with Crippen LogP contribution in [0.4, 0.5) is 0 Å². The lowest BCUT2D eigenvalue weighted by Crippen LogP contribution is -2.27. The van der Waals surface area contributed by atoms with E-state index in [2.05, 4.69) is 14.7 Å². The molecule has 21 heavy (non-hydrogen) atoms. The zero-order valence-electron chi connectivity index (χ0n) is 11.4. The molecule has 0 aliphatic heterocycles. The van der Waals surface area contributed by atoms with E-state index in [-0.39, 0.29) is 4.90 Å². The number of aromatic nitrogens is 2. The number of nitrogens with one attached hydrogen (secondary N) is 2. The third-order valence-corrected chi connectivity index (χ3v) is 4.90. The molecule has 0 aliphatic rings. The Labute approximate surface area is 123 Å². The Bertz CT molecular complexity index is 852. The first-order chi connectivity index (χ1) is 10.1. The normalized spacial score (nSPS) is 13.4. The van der Waals surface area contributed by atoms with Crippen molar-refractivity contribution in [2.24, 2.45) is 0 Å². The number of nitrogens with zero attached hydrogens (tertiary/aromatic N) is 1. The maximum absolute atomic E-state index is 12.6. The van der Waals surface area contributed by atoms with E-state index in [4.69, 9.17) is 0 Å². The zero-order chi connectivity index (χ0) is 14.9. The minimum Gasteiger partial charge on any atom is -0.347 e. The standard InChI is InChI=1S/C15H15N3O2S/c1-11(15-16-9-10-17-15)18-21(19,20)14-8-4-6-12-5-2-3-7-13(12)14/h2-11,18H,1H3,(H,16,17). The van der Waals surface area contributed by atoms with Crippen LogP contribution in [0, 0.1) is 0 Å². The van der Waals surface area contributed by atoms with Crippen LogP contribution in [-0.2, 0) is 10.0 Å². The lowest BCUT2D eigenvalue weighted by atomic mass is 10.1. The van der Waals surface area contributed by atoms with Gasteiger partial charge >= 0.3 is 0 Å². The molecule has 0 radical (unpaired) electrons. The predicted molar refractivity (Wildman–Crippen MR) is 81.3 cm³/mol. The molecule has 2 N–H and O–H groups in total. The Hall–Kier alpha value is -2.18. The summed E-state index contributed by atoms with van der Waals surface area (Å²) in [5, 5.41) is 1.60. The van der Waals surface area contributed by atoms with Crippen LogP contribution in [0.5, 0.6) is 0 Å². The first-order valence-corrected chi connectivity index (χ1v) is 8.05. The number of hydrogen-bond acceptors (Lipinski definition) is 3. The monoisotopic (exact) mass is 301 g/mol. The van der Waals surface area contributed by atoms with Gasteiger partial charge in [-0.1, -0.05) is 36.4 Å². The summed E-state index contributed by atoms with van der Waals surface area (Å²) >= 11 is 0. The molecule has 1 heterocycles. The first-order valence-electron chi connectivity index (χ1n) is 6.57. The molecule has 0 saturated heterocycles. The highest BCUT2D eigenvalue weighted by atomic mass is 32.2. The Morgan fingerprint density at radius 3 is 2.67 bits per heavy atom. The van der Waals surface area contributed by atoms with Crippen LogP contribution in [0.15, 0.2) is 59.8 Å². The van der Waals surface area contributed by atoms with Crippen molar-refractivity contribution in [2.75, 3.05) is 0 Å². The third kappa shape index (κ3) is 2.68. The van der Waals surface area contributed by atoms with Gasteiger partial charge in [0.1, 0.15) is 5.82 Å². The number of hydrogen-bond donors (Lipinski definition) is 2. The van der Waals surface area contributed by atoms with Gasteiger partial charge in [-0.2, -0.15) is 0 Å². The van der Waals surface area contributed by atoms with Crippen molar-refractivity contribution < 1.29 is 8.42 Å². The van der Waals surface area contributed by atoms with Crippen LogP contribution in [0.2, 0.25) is 0 Å². The minimum absolute atomic E-state index is 0.277. The van der Waals surface area contributed by atoms with Crippen LogP contribution in [0.1, 0.15) is 18.8 Å². The average Bonchev–Trinajstić information content (AvgIpc) is 3.00. The molecule has 1 aromatic heterocycles. The number of imidazole rings is 1. The van der Waals surface area contributed by atoms with Crippen molar-refractivity contribution in [3.8, 4) is 0 Å². The molecular weight excluding hydrogens is 286 g/mol. The molecule has 3 aromatic rings. The summed E-state index contributed by atoms with van der Waals surface area (Å²) < 4.78 is 27.8. The smallest absolute Gasteiger partial charge is 0.241 e. The van der Waals surface area contributed by atoms with Gasteiger partial charge < -0.3 is 4.98 Å². The summed E-state index contributed by atoms with van der Waals surface area (Å²) in [6.45, 7) is 1.75. The van der Waals surface area contributed by atoms with Crippen molar-refractivity contribution in [2.45, 2.75) is 17.9 Å². The van der Waals surface area contributed by atoms with Crippen LogP contribution >= 0.6 is 0 Å². The molecule has 0 amide bonds. The van der Waals surface area contributed by atoms with Crippen molar-refractivity contribution in [3.63, 3.8) is 0 Å². The second-order valence-corrected chi connectivity index (χ2v) is 6.48. The summed E-state index contributed by atoms with van der Waals surface area (Å²) in [7, 11) is -3.62. The van der Waals surface area contributed by atoms with E-state index < -0.39 is 16.1 Å². The number of aromatic amines is 1. The van der Waals surface area contributed by atoms with E-state index in [1.807, 2.05) is 24.3 Å². The Morgan fingerprint density at radius 1 is 1.14 bits per heavy atom. The summed E-state index contributed by atoms with van der Waals surface area (Å²) in [6.07, 6.45) is 3.26. The molecule has 6 heteroatoms. The van der Waals surface area contributed by atoms with Crippen LogP contribution in [-0.4, -0.2) is 18.4 Å². The van der Waals surface area contributed by atoms with Crippen molar-refractivity contribution in [1.29, 1.82) is 0 Å². The number of benzene rings is 2. The number of rotatable bonds is 4. The summed E-state index contributed by atoms with van der Waals surface area (Å²) in [4.78, 5) is 7.26. The van der Waals surface area contributed by atoms with Crippen LogP contribution in [0.25, 0.3) is 10.8 Å². The molecule has 0 spiro atoms. The van der Waals surface area contributed by atoms with Gasteiger partial charge in [0.05, 0.1) is 10.9 Å². The molecule has 5 nitrogen and oxygen atoms in total. The molecule has 0 saturated carbocycles. The highest BCUT2D eigenvalue weighted by Crippen LogP contribution is 2.23. The van der Waals surface area contributed by atoms with Crippen molar-refractivity contribution >= 4 is 20.8 Å². The Morgan fingerprint density at radius 2 is 1.90 bits per heavy atom. The van der Waals surface area contributed by atoms with Gasteiger partial charge in [-0.3, -0.25) is 0 Å². The second-order valence-electron chi connectivity index (χ2n) is 4.79. The molecule has 1 atom stereocenters. The van der Waals surface area contributed by atoms with E-state index in [1.165, 1.54) is 0 Å². The molecule has 2 aromatic carbocycles. The largest absolute Gasteiger partial charge is 0.347 e. The van der Waals surface area contributed by atoms with Crippen molar-refractivity contribution in [3.05, 3.63) is 60.7 Å². The summed E-state index contributed by atoms with van der Waals surface area (Å²) in [5.74, 6) is 0.582. The highest BCUT2D eigenvalue weighted by molar-refractivity contribution is 7.89. The Kier molecular flexibility index (Phi) is 3.48. The molecule has 1 unspecified atom stereocenters. The lowest BCUT2D eigenvalue weighted by Gasteiger charge is -2.13. The van der Waals surface area contributed by atoms with E-state index in [0.29, 0.717) is 11.2 Å². The highest BCUT2D eigenvalue weighted by Gasteiger charge is 2.21. The van der Waals surface area contributed by atoms with Crippen LogP contribution in [0.3, 0.4) is 0 Å². The van der Waals surface area contributed by atoms with Gasteiger partial charge in [0, 0.05) is 17.8 Å². The van der Waals surface area contributed by atoms with Gasteiger partial charge in [-0.25, -0.2) is 18.1 Å². The number of fused-ring (bicyclic) bond motifs is 1. The minimum atomic E-state index is -3.62. The number of sulfonamides is 1. The average molecular weight is 301 g/mol. The lowest BCUT2D eigenvalue weighted by molar-refractivity contribution is 0.562. The van der Waals surface area contributed by atoms with E-state index in [0.717, 1.165) is 5.39 Å². The van der Waals surface area contributed by atoms with E-state index in [9.17, 15) is 8.42 Å². The maximum atomic E-state index is 12.6. The zero-order valence-corrected chi connectivity index (χ0v) is 12.3. The fourth-order valence-corrected chi connectivity index (χ4v) is 3.73. The molecule has 3 rings (SSSR count). The van der Waals surface area contributed by atoms with Gasteiger partial charge in [-0.05, 0) is 18.4 Å². The van der Waals surface area contributed by atoms with E-state index >= 15 is 0 Å². The quantitative estimate of drug-likeness (QED) is 0.778. The predicted octanol–water partition coefficient (Wildman–Crippen LogP) is 2.60. The number of H-pyrrole nitrogens is 1. The molecule has 108 valence electrons. The molecule has 0 aliphatic carbocycles. The fourth-order valence-electron chi connectivity index (χ4n) is 2.30. The third-order valence-electron chi connectivity index (χ3n) is 3.30. The topological polar surface area (TPSA) is 74.8 Å². The maximum Gasteiger partial charge on any atom is 0.241 e. The van der Waals surface area contributed by atoms with Gasteiger partial charge in [0.2, 0.25) is 10.0 Å². The fraction of sp³-hybridized carbons (Fsp3) is 0.133. The van der Waals surface area contributed by atoms with E-state index in [1.54, 1.807) is 37.5 Å². The second kappa shape index (κ2) is 5.31. The molecule has 0 bridgehead atoms. The SMILES string of the molecule is CC(NS(=O)(=O)c1cccc2ccccc12)c1ncc[nH]1. The summed E-state index contributed by atoms with van der Waals surface area (Å²) in [5.41, 5.74) is 0. The first kappa shape index (κ1) is 13.8. The molecular formula is C15H15N3O2S. The van der Waals surface area contributed by atoms with Gasteiger partial charge in [-0.15, -0.1) is 0 Å². The van der Waals surface area contributed by atoms with Gasteiger partial charge in [0.25, 0.3) is 0 Å².